The van der Waals surface area contributed by atoms with Crippen molar-refractivity contribution in [3.63, 3.8) is 0 Å². The molecule has 76 valence electrons. The summed E-state index contributed by atoms with van der Waals surface area (Å²) in [5, 5.41) is 0. The zero-order valence-corrected chi connectivity index (χ0v) is 9.97. The van der Waals surface area contributed by atoms with Crippen molar-refractivity contribution in [3.05, 3.63) is 0 Å². The number of ether oxygens (including phenoxy) is 1. The molecule has 1 rings (SSSR count). The van der Waals surface area contributed by atoms with Crippen LogP contribution in [0.1, 0.15) is 6.92 Å². The number of rotatable bonds is 1. The van der Waals surface area contributed by atoms with Crippen LogP contribution < -0.4 is 0 Å². The number of halogens is 3. The largest absolute Gasteiger partial charge is 0.385 e. The molecule has 0 spiro atoms. The van der Waals surface area contributed by atoms with E-state index in [1.807, 2.05) is 6.92 Å². The zero-order valence-electron chi connectivity index (χ0n) is 7.64. The van der Waals surface area contributed by atoms with Crippen molar-refractivity contribution < 1.29 is 13.5 Å². The maximum absolute atomic E-state index is 11.7. The number of likely N-dealkylation sites (tertiary alicyclic amines) is 1. The molecule has 0 aromatic rings. The SMILES string of the molecule is CCOC.CN1CC(F)(F)C1.I. The smallest absolute Gasteiger partial charge is 0.272 e. The van der Waals surface area contributed by atoms with Gasteiger partial charge in [0.05, 0.1) is 13.1 Å². The number of nitrogens with zero attached hydrogens (tertiary/aromatic N) is 1. The number of methoxy groups -OCH3 is 1. The van der Waals surface area contributed by atoms with Crippen molar-refractivity contribution in [2.45, 2.75) is 12.8 Å². The van der Waals surface area contributed by atoms with Gasteiger partial charge < -0.3 is 4.74 Å². The van der Waals surface area contributed by atoms with E-state index in [0.29, 0.717) is 0 Å². The van der Waals surface area contributed by atoms with Gasteiger partial charge in [0.1, 0.15) is 0 Å². The minimum absolute atomic E-state index is 0. The van der Waals surface area contributed by atoms with Gasteiger partial charge in [-0.05, 0) is 14.0 Å². The molecule has 5 heteroatoms. The fourth-order valence-electron chi connectivity index (χ4n) is 0.743. The lowest BCUT2D eigenvalue weighted by molar-refractivity contribution is -0.119. The van der Waals surface area contributed by atoms with Crippen LogP contribution >= 0.6 is 24.0 Å². The number of hydrogen-bond donors (Lipinski definition) is 0. The Morgan fingerprint density at radius 1 is 1.42 bits per heavy atom. The lowest BCUT2D eigenvalue weighted by Gasteiger charge is -2.35. The van der Waals surface area contributed by atoms with Gasteiger partial charge in [0.15, 0.2) is 0 Å². The van der Waals surface area contributed by atoms with E-state index >= 15 is 0 Å². The van der Waals surface area contributed by atoms with Crippen LogP contribution in [0.2, 0.25) is 0 Å². The molecule has 0 aromatic heterocycles. The molecule has 12 heavy (non-hydrogen) atoms. The molecule has 0 amide bonds. The van der Waals surface area contributed by atoms with Crippen LogP contribution in [0.15, 0.2) is 0 Å². The van der Waals surface area contributed by atoms with E-state index in [-0.39, 0.29) is 37.1 Å². The Labute approximate surface area is 89.3 Å². The molecule has 0 atom stereocenters. The van der Waals surface area contributed by atoms with Gasteiger partial charge in [-0.1, -0.05) is 0 Å². The predicted molar refractivity (Wildman–Crippen MR) is 55.4 cm³/mol. The van der Waals surface area contributed by atoms with Crippen LogP contribution in [-0.4, -0.2) is 44.7 Å². The predicted octanol–water partition coefficient (Wildman–Crippen LogP) is 1.84. The van der Waals surface area contributed by atoms with E-state index in [1.54, 1.807) is 19.1 Å². The molecule has 0 N–H and O–H groups in total. The van der Waals surface area contributed by atoms with Gasteiger partial charge in [0.25, 0.3) is 5.92 Å². The lowest BCUT2D eigenvalue weighted by atomic mass is 10.2. The van der Waals surface area contributed by atoms with E-state index in [1.165, 1.54) is 0 Å². The number of alkyl halides is 2. The molecule has 0 aliphatic carbocycles. The normalized spacial score (nSPS) is 19.8. The highest BCUT2D eigenvalue weighted by molar-refractivity contribution is 14.0. The highest BCUT2D eigenvalue weighted by Gasteiger charge is 2.41. The Bertz CT molecular complexity index is 104. The minimum atomic E-state index is -2.38. The lowest BCUT2D eigenvalue weighted by Crippen LogP contribution is -2.53. The van der Waals surface area contributed by atoms with Crippen LogP contribution in [0.5, 0.6) is 0 Å². The Morgan fingerprint density at radius 3 is 1.75 bits per heavy atom. The highest BCUT2D eigenvalue weighted by atomic mass is 127. The molecule has 1 saturated heterocycles. The fraction of sp³-hybridized carbons (Fsp3) is 1.00. The van der Waals surface area contributed by atoms with Crippen molar-refractivity contribution in [1.82, 2.24) is 4.90 Å². The summed E-state index contributed by atoms with van der Waals surface area (Å²) in [4.78, 5) is 1.58. The standard InChI is InChI=1S/C4H7F2N.C3H8O.HI/c1-7-2-4(5,6)3-7;1-3-4-2;/h2-3H2,1H3;3H2,1-2H3;1H. The van der Waals surface area contributed by atoms with Crippen LogP contribution in [0.3, 0.4) is 0 Å². The maximum Gasteiger partial charge on any atom is 0.272 e. The van der Waals surface area contributed by atoms with Gasteiger partial charge in [-0.3, -0.25) is 4.90 Å². The van der Waals surface area contributed by atoms with Gasteiger partial charge in [0, 0.05) is 13.7 Å². The quantitative estimate of drug-likeness (QED) is 0.684. The van der Waals surface area contributed by atoms with Gasteiger partial charge in [-0.15, -0.1) is 24.0 Å². The molecule has 0 saturated carbocycles. The molecule has 0 aromatic carbocycles. The summed E-state index contributed by atoms with van der Waals surface area (Å²) < 4.78 is 28.0. The zero-order chi connectivity index (χ0) is 8.91. The second-order valence-electron chi connectivity index (χ2n) is 2.61. The second kappa shape index (κ2) is 6.97. The van der Waals surface area contributed by atoms with E-state index in [9.17, 15) is 8.78 Å². The van der Waals surface area contributed by atoms with Gasteiger partial charge in [0.2, 0.25) is 0 Å². The second-order valence-corrected chi connectivity index (χ2v) is 2.61. The highest BCUT2D eigenvalue weighted by Crippen LogP contribution is 2.23. The van der Waals surface area contributed by atoms with E-state index < -0.39 is 5.92 Å². The van der Waals surface area contributed by atoms with Crippen LogP contribution in [0.25, 0.3) is 0 Å². The first kappa shape index (κ1) is 15.0. The third-order valence-corrected chi connectivity index (χ3v) is 1.29. The molecule has 0 bridgehead atoms. The number of hydrogen-bond acceptors (Lipinski definition) is 2. The summed E-state index contributed by atoms with van der Waals surface area (Å²) in [7, 11) is 3.36. The van der Waals surface area contributed by atoms with E-state index in [4.69, 9.17) is 0 Å². The molecule has 0 unspecified atom stereocenters. The molecule has 1 heterocycles. The molecular formula is C7H16F2INO. The van der Waals surface area contributed by atoms with E-state index in [0.717, 1.165) is 6.61 Å². The van der Waals surface area contributed by atoms with Gasteiger partial charge in [-0.2, -0.15) is 0 Å². The summed E-state index contributed by atoms with van der Waals surface area (Å²) in [6.45, 7) is 2.65. The molecule has 1 aliphatic rings. The van der Waals surface area contributed by atoms with Gasteiger partial charge in [-0.25, -0.2) is 8.78 Å². The van der Waals surface area contributed by atoms with Crippen molar-refractivity contribution >= 4 is 24.0 Å². The Hall–Kier alpha value is 0.510. The first-order valence-corrected chi connectivity index (χ1v) is 3.57. The summed E-state index contributed by atoms with van der Waals surface area (Å²) in [6.07, 6.45) is 0. The summed E-state index contributed by atoms with van der Waals surface area (Å²) in [5.41, 5.74) is 0. The van der Waals surface area contributed by atoms with Crippen molar-refractivity contribution in [2.75, 3.05) is 33.9 Å². The first-order chi connectivity index (χ1) is 5.02. The van der Waals surface area contributed by atoms with Crippen LogP contribution in [-0.2, 0) is 4.74 Å². The molecule has 1 aliphatic heterocycles. The summed E-state index contributed by atoms with van der Waals surface area (Å²) in [5.74, 6) is -2.38. The maximum atomic E-state index is 11.7. The van der Waals surface area contributed by atoms with Crippen LogP contribution in [0, 0.1) is 0 Å². The molecule has 1 fully saturated rings. The summed E-state index contributed by atoms with van der Waals surface area (Å²) >= 11 is 0. The van der Waals surface area contributed by atoms with Crippen LogP contribution in [0.4, 0.5) is 8.78 Å². The molecule has 2 nitrogen and oxygen atoms in total. The van der Waals surface area contributed by atoms with E-state index in [2.05, 4.69) is 4.74 Å². The molecule has 0 radical (unpaired) electrons. The Kier molecular flexibility index (Phi) is 8.71. The Balaban J connectivity index is 0. The van der Waals surface area contributed by atoms with Crippen molar-refractivity contribution in [1.29, 1.82) is 0 Å². The third kappa shape index (κ3) is 7.17. The Morgan fingerprint density at radius 2 is 1.75 bits per heavy atom. The third-order valence-electron chi connectivity index (χ3n) is 1.29. The van der Waals surface area contributed by atoms with Crippen molar-refractivity contribution in [2.24, 2.45) is 0 Å². The topological polar surface area (TPSA) is 12.5 Å². The molecular weight excluding hydrogens is 279 g/mol. The first-order valence-electron chi connectivity index (χ1n) is 3.57. The average molecular weight is 295 g/mol. The minimum Gasteiger partial charge on any atom is -0.385 e. The average Bonchev–Trinajstić information content (AvgIpc) is 1.85. The van der Waals surface area contributed by atoms with Crippen molar-refractivity contribution in [3.8, 4) is 0 Å². The van der Waals surface area contributed by atoms with Gasteiger partial charge >= 0.3 is 0 Å². The monoisotopic (exact) mass is 295 g/mol. The summed E-state index contributed by atoms with van der Waals surface area (Å²) in [6, 6.07) is 0. The fourth-order valence-corrected chi connectivity index (χ4v) is 0.743.